The summed E-state index contributed by atoms with van der Waals surface area (Å²) >= 11 is 0. The summed E-state index contributed by atoms with van der Waals surface area (Å²) in [5.74, 6) is 0.498. The number of aromatic nitrogens is 1. The number of ether oxygens (including phenoxy) is 1. The first-order valence-electron chi connectivity index (χ1n) is 6.65. The van der Waals surface area contributed by atoms with E-state index in [4.69, 9.17) is 4.74 Å². The molecule has 0 aliphatic carbocycles. The maximum absolute atomic E-state index is 11.8. The Bertz CT molecular complexity index is 630. The number of benzene rings is 1. The Labute approximate surface area is 119 Å². The van der Waals surface area contributed by atoms with Crippen LogP contribution in [0.1, 0.15) is 26.5 Å². The van der Waals surface area contributed by atoms with Crippen molar-refractivity contribution in [3.05, 3.63) is 36.0 Å². The van der Waals surface area contributed by atoms with E-state index in [0.717, 1.165) is 16.6 Å². The fourth-order valence-electron chi connectivity index (χ4n) is 1.93. The number of carbonyl (C=O) groups is 1. The monoisotopic (exact) mass is 272 g/mol. The second-order valence-corrected chi connectivity index (χ2v) is 5.87. The van der Waals surface area contributed by atoms with Crippen LogP contribution in [0.2, 0.25) is 0 Å². The van der Waals surface area contributed by atoms with E-state index < -0.39 is 0 Å². The fourth-order valence-corrected chi connectivity index (χ4v) is 1.93. The SMILES string of the molecule is Cc1ccc2cccc(OCC(=O)NC(C)(C)C)c2n1. The molecule has 0 fully saturated rings. The highest BCUT2D eigenvalue weighted by Crippen LogP contribution is 2.23. The van der Waals surface area contributed by atoms with E-state index in [0.29, 0.717) is 5.75 Å². The van der Waals surface area contributed by atoms with E-state index in [1.54, 1.807) is 0 Å². The number of amides is 1. The normalized spacial score (nSPS) is 11.4. The molecule has 4 heteroatoms. The standard InChI is InChI=1S/C16H20N2O2/c1-11-8-9-12-6-5-7-13(15(12)17-11)20-10-14(19)18-16(2,3)4/h5-9H,10H2,1-4H3,(H,18,19). The summed E-state index contributed by atoms with van der Waals surface area (Å²) in [7, 11) is 0. The van der Waals surface area contributed by atoms with Gasteiger partial charge in [0.2, 0.25) is 0 Å². The summed E-state index contributed by atoms with van der Waals surface area (Å²) < 4.78 is 5.61. The van der Waals surface area contributed by atoms with Crippen molar-refractivity contribution in [3.63, 3.8) is 0 Å². The van der Waals surface area contributed by atoms with Crippen molar-refractivity contribution in [2.45, 2.75) is 33.2 Å². The van der Waals surface area contributed by atoms with Gasteiger partial charge in [0.15, 0.2) is 6.61 Å². The van der Waals surface area contributed by atoms with Crippen molar-refractivity contribution in [3.8, 4) is 5.75 Å². The Morgan fingerprint density at radius 3 is 2.70 bits per heavy atom. The van der Waals surface area contributed by atoms with Gasteiger partial charge in [0.05, 0.1) is 0 Å². The molecule has 106 valence electrons. The van der Waals surface area contributed by atoms with Crippen LogP contribution in [0.5, 0.6) is 5.75 Å². The van der Waals surface area contributed by atoms with E-state index >= 15 is 0 Å². The maximum atomic E-state index is 11.8. The van der Waals surface area contributed by atoms with Crippen LogP contribution in [0, 0.1) is 6.92 Å². The zero-order chi connectivity index (χ0) is 14.8. The van der Waals surface area contributed by atoms with Crippen LogP contribution in [-0.2, 0) is 4.79 Å². The van der Waals surface area contributed by atoms with Gasteiger partial charge in [-0.3, -0.25) is 4.79 Å². The molecule has 0 atom stereocenters. The number of pyridine rings is 1. The third-order valence-corrected chi connectivity index (χ3v) is 2.70. The fraction of sp³-hybridized carbons (Fsp3) is 0.375. The molecule has 0 spiro atoms. The number of nitrogens with one attached hydrogen (secondary N) is 1. The van der Waals surface area contributed by atoms with Crippen LogP contribution in [-0.4, -0.2) is 23.0 Å². The van der Waals surface area contributed by atoms with Crippen molar-refractivity contribution in [2.75, 3.05) is 6.61 Å². The van der Waals surface area contributed by atoms with Crippen LogP contribution < -0.4 is 10.1 Å². The minimum absolute atomic E-state index is 0.00793. The molecular formula is C16H20N2O2. The Balaban J connectivity index is 2.14. The van der Waals surface area contributed by atoms with Gasteiger partial charge in [-0.15, -0.1) is 0 Å². The number of carbonyl (C=O) groups excluding carboxylic acids is 1. The van der Waals surface area contributed by atoms with E-state index in [9.17, 15) is 4.79 Å². The molecule has 1 aromatic carbocycles. The molecule has 1 amide bonds. The molecule has 0 aliphatic heterocycles. The first-order valence-corrected chi connectivity index (χ1v) is 6.65. The maximum Gasteiger partial charge on any atom is 0.258 e. The number of aryl methyl sites for hydroxylation is 1. The van der Waals surface area contributed by atoms with Crippen LogP contribution in [0.25, 0.3) is 10.9 Å². The van der Waals surface area contributed by atoms with Crippen molar-refractivity contribution in [2.24, 2.45) is 0 Å². The minimum atomic E-state index is -0.256. The summed E-state index contributed by atoms with van der Waals surface area (Å²) in [6.45, 7) is 7.74. The lowest BCUT2D eigenvalue weighted by molar-refractivity contribution is -0.124. The molecular weight excluding hydrogens is 252 g/mol. The number of fused-ring (bicyclic) bond motifs is 1. The first-order chi connectivity index (χ1) is 9.35. The van der Waals surface area contributed by atoms with Gasteiger partial charge in [-0.2, -0.15) is 0 Å². The molecule has 1 aromatic heterocycles. The summed E-state index contributed by atoms with van der Waals surface area (Å²) in [4.78, 5) is 16.2. The second-order valence-electron chi connectivity index (χ2n) is 5.87. The smallest absolute Gasteiger partial charge is 0.258 e. The van der Waals surface area contributed by atoms with Crippen molar-refractivity contribution in [1.82, 2.24) is 10.3 Å². The van der Waals surface area contributed by atoms with Gasteiger partial charge < -0.3 is 10.1 Å². The summed E-state index contributed by atoms with van der Waals surface area (Å²) in [5.41, 5.74) is 1.46. The highest BCUT2D eigenvalue weighted by molar-refractivity contribution is 5.85. The molecule has 0 bridgehead atoms. The average molecular weight is 272 g/mol. The Kier molecular flexibility index (Phi) is 3.93. The summed E-state index contributed by atoms with van der Waals surface area (Å²) in [6.07, 6.45) is 0. The molecule has 0 unspecified atom stereocenters. The number of para-hydroxylation sites is 1. The molecule has 4 nitrogen and oxygen atoms in total. The first kappa shape index (κ1) is 14.3. The predicted octanol–water partition coefficient (Wildman–Crippen LogP) is 2.84. The van der Waals surface area contributed by atoms with Gasteiger partial charge in [-0.25, -0.2) is 4.98 Å². The molecule has 0 saturated carbocycles. The zero-order valence-corrected chi connectivity index (χ0v) is 12.4. The van der Waals surface area contributed by atoms with Crippen molar-refractivity contribution < 1.29 is 9.53 Å². The molecule has 0 aliphatic rings. The third-order valence-electron chi connectivity index (χ3n) is 2.70. The van der Waals surface area contributed by atoms with E-state index in [2.05, 4.69) is 10.3 Å². The van der Waals surface area contributed by atoms with Gasteiger partial charge in [0, 0.05) is 16.6 Å². The van der Waals surface area contributed by atoms with Crippen molar-refractivity contribution in [1.29, 1.82) is 0 Å². The molecule has 1 N–H and O–H groups in total. The molecule has 2 rings (SSSR count). The topological polar surface area (TPSA) is 51.2 Å². The number of hydrogen-bond donors (Lipinski definition) is 1. The van der Waals surface area contributed by atoms with E-state index in [-0.39, 0.29) is 18.1 Å². The lowest BCUT2D eigenvalue weighted by Crippen LogP contribution is -2.43. The molecule has 1 heterocycles. The molecule has 2 aromatic rings. The van der Waals surface area contributed by atoms with Crippen LogP contribution in [0.4, 0.5) is 0 Å². The molecule has 0 saturated heterocycles. The van der Waals surface area contributed by atoms with E-state index in [1.165, 1.54) is 0 Å². The average Bonchev–Trinajstić information content (AvgIpc) is 2.34. The Morgan fingerprint density at radius 2 is 2.00 bits per heavy atom. The van der Waals surface area contributed by atoms with Crippen LogP contribution in [0.15, 0.2) is 30.3 Å². The minimum Gasteiger partial charge on any atom is -0.481 e. The van der Waals surface area contributed by atoms with Gasteiger partial charge in [-0.1, -0.05) is 18.2 Å². The summed E-state index contributed by atoms with van der Waals surface area (Å²) in [6, 6.07) is 9.66. The highest BCUT2D eigenvalue weighted by Gasteiger charge is 2.14. The van der Waals surface area contributed by atoms with Gasteiger partial charge in [-0.05, 0) is 39.8 Å². The van der Waals surface area contributed by atoms with E-state index in [1.807, 2.05) is 58.0 Å². The van der Waals surface area contributed by atoms with Crippen LogP contribution in [0.3, 0.4) is 0 Å². The predicted molar refractivity (Wildman–Crippen MR) is 79.9 cm³/mol. The quantitative estimate of drug-likeness (QED) is 0.934. The lowest BCUT2D eigenvalue weighted by atomic mass is 10.1. The third kappa shape index (κ3) is 3.70. The summed E-state index contributed by atoms with van der Waals surface area (Å²) in [5, 5.41) is 3.87. The largest absolute Gasteiger partial charge is 0.481 e. The molecule has 0 radical (unpaired) electrons. The Morgan fingerprint density at radius 1 is 1.25 bits per heavy atom. The zero-order valence-electron chi connectivity index (χ0n) is 12.4. The molecule has 20 heavy (non-hydrogen) atoms. The van der Waals surface area contributed by atoms with Crippen molar-refractivity contribution >= 4 is 16.8 Å². The van der Waals surface area contributed by atoms with Crippen LogP contribution >= 0.6 is 0 Å². The highest BCUT2D eigenvalue weighted by atomic mass is 16.5. The Hall–Kier alpha value is -2.10. The second kappa shape index (κ2) is 5.49. The number of rotatable bonds is 3. The van der Waals surface area contributed by atoms with Gasteiger partial charge >= 0.3 is 0 Å². The van der Waals surface area contributed by atoms with Gasteiger partial charge in [0.1, 0.15) is 11.3 Å². The van der Waals surface area contributed by atoms with Gasteiger partial charge in [0.25, 0.3) is 5.91 Å². The lowest BCUT2D eigenvalue weighted by Gasteiger charge is -2.20. The number of nitrogens with zero attached hydrogens (tertiary/aromatic N) is 1. The number of hydrogen-bond acceptors (Lipinski definition) is 3.